The number of primary amides is 1. The zero-order valence-electron chi connectivity index (χ0n) is 12.2. The van der Waals surface area contributed by atoms with Crippen LogP contribution in [-0.2, 0) is 9.59 Å². The Morgan fingerprint density at radius 1 is 1.33 bits per heavy atom. The number of hydrogen-bond donors (Lipinski definition) is 2. The molecule has 0 aliphatic carbocycles. The Labute approximate surface area is 124 Å². The number of carbonyl (C=O) groups is 2. The highest BCUT2D eigenvalue weighted by Gasteiger charge is 2.23. The van der Waals surface area contributed by atoms with Gasteiger partial charge in [0.1, 0.15) is 11.9 Å². The molecule has 1 unspecified atom stereocenters. The molecule has 114 valence electrons. The number of pyridine rings is 1. The van der Waals surface area contributed by atoms with Gasteiger partial charge in [0.05, 0.1) is 0 Å². The molecule has 2 amide bonds. The lowest BCUT2D eigenvalue weighted by atomic mass is 10.2. The Kier molecular flexibility index (Phi) is 5.10. The van der Waals surface area contributed by atoms with E-state index in [4.69, 9.17) is 5.73 Å². The molecule has 1 saturated heterocycles. The summed E-state index contributed by atoms with van der Waals surface area (Å²) >= 11 is 0. The van der Waals surface area contributed by atoms with Crippen molar-refractivity contribution in [1.29, 1.82) is 0 Å². The van der Waals surface area contributed by atoms with Crippen molar-refractivity contribution in [3.63, 3.8) is 0 Å². The smallest absolute Gasteiger partial charge is 0.241 e. The summed E-state index contributed by atoms with van der Waals surface area (Å²) in [5, 5.41) is 2.59. The Hall–Kier alpha value is -2.15. The van der Waals surface area contributed by atoms with Gasteiger partial charge >= 0.3 is 0 Å². The Bertz CT molecular complexity index is 485. The van der Waals surface area contributed by atoms with Gasteiger partial charge in [-0.15, -0.1) is 0 Å². The van der Waals surface area contributed by atoms with Crippen LogP contribution in [0.25, 0.3) is 0 Å². The van der Waals surface area contributed by atoms with E-state index in [1.165, 1.54) is 6.92 Å². The topological polar surface area (TPSA) is 91.6 Å². The largest absolute Gasteiger partial charge is 0.368 e. The van der Waals surface area contributed by atoms with Crippen LogP contribution >= 0.6 is 0 Å². The van der Waals surface area contributed by atoms with Crippen LogP contribution in [0.15, 0.2) is 24.4 Å². The first-order chi connectivity index (χ1) is 10.1. The molecule has 0 bridgehead atoms. The maximum atomic E-state index is 11.4. The molecule has 1 atom stereocenters. The van der Waals surface area contributed by atoms with E-state index >= 15 is 0 Å². The van der Waals surface area contributed by atoms with E-state index in [0.29, 0.717) is 6.54 Å². The van der Waals surface area contributed by atoms with Crippen LogP contribution in [0.2, 0.25) is 0 Å². The number of anilines is 1. The zero-order valence-corrected chi connectivity index (χ0v) is 12.2. The molecule has 21 heavy (non-hydrogen) atoms. The number of nitrogens with two attached hydrogens (primary N) is 1. The first kappa shape index (κ1) is 15.2. The van der Waals surface area contributed by atoms with Crippen LogP contribution in [0, 0.1) is 0 Å². The molecule has 1 aromatic rings. The summed E-state index contributed by atoms with van der Waals surface area (Å²) in [6.07, 6.45) is 1.78. The molecule has 2 heterocycles. The van der Waals surface area contributed by atoms with Crippen molar-refractivity contribution < 1.29 is 9.59 Å². The second kappa shape index (κ2) is 7.03. The second-order valence-electron chi connectivity index (χ2n) is 5.13. The SMILES string of the molecule is CC(=O)NC(CN1CCN(c2ccccn2)CC1)C(N)=O. The number of piperazine rings is 1. The molecule has 1 aliphatic rings. The Morgan fingerprint density at radius 2 is 2.05 bits per heavy atom. The van der Waals surface area contributed by atoms with Crippen molar-refractivity contribution >= 4 is 17.6 Å². The van der Waals surface area contributed by atoms with Crippen LogP contribution in [0.5, 0.6) is 0 Å². The molecule has 1 fully saturated rings. The summed E-state index contributed by atoms with van der Waals surface area (Å²) in [5.41, 5.74) is 5.32. The van der Waals surface area contributed by atoms with Gasteiger partial charge in [-0.3, -0.25) is 14.5 Å². The summed E-state index contributed by atoms with van der Waals surface area (Å²) in [6.45, 7) is 5.12. The summed E-state index contributed by atoms with van der Waals surface area (Å²) in [4.78, 5) is 31.1. The standard InChI is InChI=1S/C14H21N5O2/c1-11(20)17-12(14(15)21)10-18-6-8-19(9-7-18)13-4-2-3-5-16-13/h2-5,12H,6-10H2,1H3,(H2,15,21)(H,17,20). The molecule has 0 spiro atoms. The highest BCUT2D eigenvalue weighted by Crippen LogP contribution is 2.12. The van der Waals surface area contributed by atoms with Crippen LogP contribution in [0.3, 0.4) is 0 Å². The molecule has 2 rings (SSSR count). The van der Waals surface area contributed by atoms with Gasteiger partial charge in [-0.05, 0) is 12.1 Å². The van der Waals surface area contributed by atoms with Crippen LogP contribution < -0.4 is 16.0 Å². The fourth-order valence-electron chi connectivity index (χ4n) is 2.41. The van der Waals surface area contributed by atoms with Gasteiger partial charge < -0.3 is 16.0 Å². The molecule has 0 radical (unpaired) electrons. The maximum Gasteiger partial charge on any atom is 0.241 e. The van der Waals surface area contributed by atoms with Gasteiger partial charge in [0.25, 0.3) is 0 Å². The molecular weight excluding hydrogens is 270 g/mol. The average Bonchev–Trinajstić information content (AvgIpc) is 2.48. The van der Waals surface area contributed by atoms with Gasteiger partial charge in [0.15, 0.2) is 0 Å². The Balaban J connectivity index is 1.86. The molecule has 7 nitrogen and oxygen atoms in total. The van der Waals surface area contributed by atoms with Crippen molar-refractivity contribution in [3.05, 3.63) is 24.4 Å². The number of rotatable bonds is 5. The van der Waals surface area contributed by atoms with Gasteiger partial charge in [0.2, 0.25) is 11.8 Å². The minimum Gasteiger partial charge on any atom is -0.368 e. The quantitative estimate of drug-likeness (QED) is 0.740. The van der Waals surface area contributed by atoms with Crippen LogP contribution in [0.1, 0.15) is 6.92 Å². The highest BCUT2D eigenvalue weighted by atomic mass is 16.2. The van der Waals surface area contributed by atoms with Crippen LogP contribution in [-0.4, -0.2) is 60.5 Å². The lowest BCUT2D eigenvalue weighted by molar-refractivity contribution is -0.126. The third-order valence-electron chi connectivity index (χ3n) is 3.51. The summed E-state index contributed by atoms with van der Waals surface area (Å²) in [7, 11) is 0. The summed E-state index contributed by atoms with van der Waals surface area (Å²) in [6, 6.07) is 5.21. The summed E-state index contributed by atoms with van der Waals surface area (Å²) < 4.78 is 0. The van der Waals surface area contributed by atoms with E-state index in [2.05, 4.69) is 20.1 Å². The third-order valence-corrected chi connectivity index (χ3v) is 3.51. The van der Waals surface area contributed by atoms with Gasteiger partial charge in [0, 0.05) is 45.8 Å². The monoisotopic (exact) mass is 291 g/mol. The summed E-state index contributed by atoms with van der Waals surface area (Å²) in [5.74, 6) is 0.216. The number of aromatic nitrogens is 1. The second-order valence-corrected chi connectivity index (χ2v) is 5.13. The average molecular weight is 291 g/mol. The van der Waals surface area contributed by atoms with E-state index < -0.39 is 11.9 Å². The van der Waals surface area contributed by atoms with E-state index in [9.17, 15) is 9.59 Å². The fraction of sp³-hybridized carbons (Fsp3) is 0.500. The molecule has 7 heteroatoms. The number of nitrogens with zero attached hydrogens (tertiary/aromatic N) is 3. The van der Waals surface area contributed by atoms with E-state index in [0.717, 1.165) is 32.0 Å². The number of nitrogens with one attached hydrogen (secondary N) is 1. The predicted molar refractivity (Wildman–Crippen MR) is 79.7 cm³/mol. The normalized spacial score (nSPS) is 17.3. The fourth-order valence-corrected chi connectivity index (χ4v) is 2.41. The lowest BCUT2D eigenvalue weighted by Crippen LogP contribution is -2.55. The van der Waals surface area contributed by atoms with E-state index in [-0.39, 0.29) is 5.91 Å². The Morgan fingerprint density at radius 3 is 2.57 bits per heavy atom. The molecular formula is C14H21N5O2. The minimum absolute atomic E-state index is 0.245. The van der Waals surface area contributed by atoms with Crippen LogP contribution in [0.4, 0.5) is 5.82 Å². The van der Waals surface area contributed by atoms with Gasteiger partial charge in [-0.2, -0.15) is 0 Å². The highest BCUT2D eigenvalue weighted by molar-refractivity contribution is 5.85. The third kappa shape index (κ3) is 4.42. The van der Waals surface area contributed by atoms with Crippen molar-refractivity contribution in [1.82, 2.24) is 15.2 Å². The molecule has 1 aromatic heterocycles. The number of hydrogen-bond acceptors (Lipinski definition) is 5. The first-order valence-corrected chi connectivity index (χ1v) is 7.01. The van der Waals surface area contributed by atoms with Crippen molar-refractivity contribution in [2.45, 2.75) is 13.0 Å². The molecule has 0 aromatic carbocycles. The lowest BCUT2D eigenvalue weighted by Gasteiger charge is -2.36. The van der Waals surface area contributed by atoms with Gasteiger partial charge in [-0.25, -0.2) is 4.98 Å². The number of carbonyl (C=O) groups excluding carboxylic acids is 2. The number of amides is 2. The predicted octanol–water partition coefficient (Wildman–Crippen LogP) is -0.806. The minimum atomic E-state index is -0.635. The zero-order chi connectivity index (χ0) is 15.2. The van der Waals surface area contributed by atoms with Crippen molar-refractivity contribution in [3.8, 4) is 0 Å². The van der Waals surface area contributed by atoms with Gasteiger partial charge in [-0.1, -0.05) is 6.07 Å². The first-order valence-electron chi connectivity index (χ1n) is 7.01. The van der Waals surface area contributed by atoms with Crippen molar-refractivity contribution in [2.24, 2.45) is 5.73 Å². The molecule has 3 N–H and O–H groups in total. The molecule has 1 aliphatic heterocycles. The van der Waals surface area contributed by atoms with E-state index in [1.807, 2.05) is 18.2 Å². The van der Waals surface area contributed by atoms with E-state index in [1.54, 1.807) is 6.20 Å². The molecule has 0 saturated carbocycles. The van der Waals surface area contributed by atoms with Crippen molar-refractivity contribution in [2.75, 3.05) is 37.6 Å². The maximum absolute atomic E-state index is 11.4.